The normalized spacial score (nSPS) is 18.9. The Labute approximate surface area is 114 Å². The lowest BCUT2D eigenvalue weighted by Gasteiger charge is -2.39. The monoisotopic (exact) mass is 265 g/mol. The molecule has 1 saturated heterocycles. The molecular formula is C14H23N3S. The first-order valence-electron chi connectivity index (χ1n) is 6.65. The van der Waals surface area contributed by atoms with E-state index in [-0.39, 0.29) is 0 Å². The molecule has 0 saturated carbocycles. The lowest BCUT2D eigenvalue weighted by molar-refractivity contribution is 0.641. The number of anilines is 1. The van der Waals surface area contributed by atoms with Crippen LogP contribution in [0.25, 0.3) is 0 Å². The van der Waals surface area contributed by atoms with Crippen LogP contribution in [0.4, 0.5) is 5.69 Å². The van der Waals surface area contributed by atoms with Crippen LogP contribution < -0.4 is 10.2 Å². The number of thioether (sulfide) groups is 1. The van der Waals surface area contributed by atoms with Gasteiger partial charge >= 0.3 is 0 Å². The second kappa shape index (κ2) is 5.93. The largest absolute Gasteiger partial charge is 0.368 e. The predicted octanol–water partition coefficient (Wildman–Crippen LogP) is 2.52. The highest BCUT2D eigenvalue weighted by atomic mass is 32.2. The van der Waals surface area contributed by atoms with Crippen LogP contribution in [0.1, 0.15) is 26.3 Å². The Morgan fingerprint density at radius 3 is 3.06 bits per heavy atom. The first-order valence-corrected chi connectivity index (χ1v) is 7.63. The van der Waals surface area contributed by atoms with Crippen LogP contribution in [0, 0.1) is 0 Å². The summed E-state index contributed by atoms with van der Waals surface area (Å²) in [6.45, 7) is 10.9. The SMILES string of the molecule is CCNCc1ccncc1N1CCSC(C)(C)C1. The fourth-order valence-corrected chi connectivity index (χ4v) is 3.44. The van der Waals surface area contributed by atoms with Gasteiger partial charge in [-0.3, -0.25) is 4.98 Å². The maximum atomic E-state index is 4.30. The summed E-state index contributed by atoms with van der Waals surface area (Å²) >= 11 is 2.06. The highest BCUT2D eigenvalue weighted by Crippen LogP contribution is 2.33. The lowest BCUT2D eigenvalue weighted by atomic mass is 10.1. The molecule has 1 fully saturated rings. The van der Waals surface area contributed by atoms with Gasteiger partial charge in [0.05, 0.1) is 11.9 Å². The summed E-state index contributed by atoms with van der Waals surface area (Å²) in [5.74, 6) is 1.20. The molecule has 0 spiro atoms. The summed E-state index contributed by atoms with van der Waals surface area (Å²) in [7, 11) is 0. The number of aromatic nitrogens is 1. The molecule has 3 nitrogen and oxygen atoms in total. The Hall–Kier alpha value is -0.740. The van der Waals surface area contributed by atoms with Gasteiger partial charge in [0.25, 0.3) is 0 Å². The molecule has 2 rings (SSSR count). The summed E-state index contributed by atoms with van der Waals surface area (Å²) in [6, 6.07) is 2.13. The fourth-order valence-electron chi connectivity index (χ4n) is 2.33. The first-order chi connectivity index (χ1) is 8.62. The molecule has 18 heavy (non-hydrogen) atoms. The van der Waals surface area contributed by atoms with E-state index in [9.17, 15) is 0 Å². The molecule has 1 aliphatic rings. The molecule has 0 aliphatic carbocycles. The molecule has 1 N–H and O–H groups in total. The van der Waals surface area contributed by atoms with Crippen molar-refractivity contribution >= 4 is 17.4 Å². The molecule has 2 heterocycles. The Morgan fingerprint density at radius 2 is 2.33 bits per heavy atom. The van der Waals surface area contributed by atoms with Crippen LogP contribution >= 0.6 is 11.8 Å². The molecule has 0 radical (unpaired) electrons. The number of hydrogen-bond acceptors (Lipinski definition) is 4. The van der Waals surface area contributed by atoms with Gasteiger partial charge in [0.15, 0.2) is 0 Å². The topological polar surface area (TPSA) is 28.2 Å². The van der Waals surface area contributed by atoms with Gasteiger partial charge in [0.2, 0.25) is 0 Å². The number of nitrogens with zero attached hydrogens (tertiary/aromatic N) is 2. The van der Waals surface area contributed by atoms with E-state index in [4.69, 9.17) is 0 Å². The van der Waals surface area contributed by atoms with Crippen molar-refractivity contribution < 1.29 is 0 Å². The Bertz CT molecular complexity index is 392. The summed E-state index contributed by atoms with van der Waals surface area (Å²) in [5.41, 5.74) is 2.65. The molecule has 1 aromatic heterocycles. The standard InChI is InChI=1S/C14H23N3S/c1-4-15-9-12-5-6-16-10-13(12)17-7-8-18-14(2,3)11-17/h5-6,10,15H,4,7-9,11H2,1-3H3. The maximum Gasteiger partial charge on any atom is 0.0599 e. The van der Waals surface area contributed by atoms with Crippen LogP contribution in [-0.4, -0.2) is 35.1 Å². The Balaban J connectivity index is 2.16. The number of rotatable bonds is 4. The molecule has 4 heteroatoms. The third-order valence-electron chi connectivity index (χ3n) is 3.22. The summed E-state index contributed by atoms with van der Waals surface area (Å²) in [4.78, 5) is 6.78. The first kappa shape index (κ1) is 13.7. The molecule has 0 aromatic carbocycles. The zero-order valence-electron chi connectivity index (χ0n) is 11.6. The van der Waals surface area contributed by atoms with Crippen molar-refractivity contribution in [2.24, 2.45) is 0 Å². The fraction of sp³-hybridized carbons (Fsp3) is 0.643. The van der Waals surface area contributed by atoms with Crippen LogP contribution in [0.15, 0.2) is 18.5 Å². The van der Waals surface area contributed by atoms with E-state index in [1.165, 1.54) is 17.0 Å². The van der Waals surface area contributed by atoms with Gasteiger partial charge in [-0.1, -0.05) is 6.92 Å². The van der Waals surface area contributed by atoms with Gasteiger partial charge in [-0.15, -0.1) is 0 Å². The van der Waals surface area contributed by atoms with Gasteiger partial charge in [-0.05, 0) is 32.0 Å². The van der Waals surface area contributed by atoms with Crippen molar-refractivity contribution in [2.45, 2.75) is 32.1 Å². The Kier molecular flexibility index (Phi) is 4.51. The van der Waals surface area contributed by atoms with Crippen molar-refractivity contribution in [3.63, 3.8) is 0 Å². The highest BCUT2D eigenvalue weighted by molar-refractivity contribution is 8.00. The summed E-state index contributed by atoms with van der Waals surface area (Å²) in [5, 5.41) is 3.41. The van der Waals surface area contributed by atoms with Gasteiger partial charge in [-0.25, -0.2) is 0 Å². The van der Waals surface area contributed by atoms with Crippen molar-refractivity contribution in [3.8, 4) is 0 Å². The molecule has 100 valence electrons. The van der Waals surface area contributed by atoms with Gasteiger partial charge in [0.1, 0.15) is 0 Å². The molecule has 0 bridgehead atoms. The second-order valence-electron chi connectivity index (χ2n) is 5.31. The average molecular weight is 265 g/mol. The number of pyridine rings is 1. The van der Waals surface area contributed by atoms with Crippen molar-refractivity contribution in [1.29, 1.82) is 0 Å². The smallest absolute Gasteiger partial charge is 0.0599 e. The predicted molar refractivity (Wildman–Crippen MR) is 80.4 cm³/mol. The zero-order chi connectivity index (χ0) is 13.0. The zero-order valence-corrected chi connectivity index (χ0v) is 12.4. The van der Waals surface area contributed by atoms with Gasteiger partial charge < -0.3 is 10.2 Å². The maximum absolute atomic E-state index is 4.30. The molecule has 1 aromatic rings. The molecule has 0 atom stereocenters. The van der Waals surface area contributed by atoms with Crippen LogP contribution in [0.2, 0.25) is 0 Å². The van der Waals surface area contributed by atoms with E-state index >= 15 is 0 Å². The minimum atomic E-state index is 0.337. The van der Waals surface area contributed by atoms with E-state index in [2.05, 4.69) is 53.8 Å². The number of hydrogen-bond donors (Lipinski definition) is 1. The van der Waals surface area contributed by atoms with E-state index in [1.807, 2.05) is 12.4 Å². The van der Waals surface area contributed by atoms with E-state index in [0.717, 1.165) is 26.2 Å². The van der Waals surface area contributed by atoms with E-state index < -0.39 is 0 Å². The van der Waals surface area contributed by atoms with E-state index in [1.54, 1.807) is 0 Å². The van der Waals surface area contributed by atoms with E-state index in [0.29, 0.717) is 4.75 Å². The van der Waals surface area contributed by atoms with Gasteiger partial charge in [0, 0.05) is 36.3 Å². The quantitative estimate of drug-likeness (QED) is 0.905. The van der Waals surface area contributed by atoms with Crippen molar-refractivity contribution in [3.05, 3.63) is 24.0 Å². The molecule has 0 amide bonds. The lowest BCUT2D eigenvalue weighted by Crippen LogP contribution is -2.43. The highest BCUT2D eigenvalue weighted by Gasteiger charge is 2.28. The average Bonchev–Trinajstić information content (AvgIpc) is 2.35. The molecule has 1 aliphatic heterocycles. The Morgan fingerprint density at radius 1 is 1.50 bits per heavy atom. The number of nitrogens with one attached hydrogen (secondary N) is 1. The van der Waals surface area contributed by atoms with Gasteiger partial charge in [-0.2, -0.15) is 11.8 Å². The third-order valence-corrected chi connectivity index (χ3v) is 4.52. The minimum absolute atomic E-state index is 0.337. The molecule has 0 unspecified atom stereocenters. The molecular weight excluding hydrogens is 242 g/mol. The van der Waals surface area contributed by atoms with Crippen molar-refractivity contribution in [1.82, 2.24) is 10.3 Å². The van der Waals surface area contributed by atoms with Crippen molar-refractivity contribution in [2.75, 3.05) is 30.3 Å². The van der Waals surface area contributed by atoms with Crippen LogP contribution in [-0.2, 0) is 6.54 Å². The third kappa shape index (κ3) is 3.39. The minimum Gasteiger partial charge on any atom is -0.368 e. The van der Waals surface area contributed by atoms with Crippen LogP contribution in [0.5, 0.6) is 0 Å². The summed E-state index contributed by atoms with van der Waals surface area (Å²) < 4.78 is 0.337. The second-order valence-corrected chi connectivity index (χ2v) is 7.12. The summed E-state index contributed by atoms with van der Waals surface area (Å²) in [6.07, 6.45) is 3.90. The van der Waals surface area contributed by atoms with Crippen LogP contribution in [0.3, 0.4) is 0 Å².